The summed E-state index contributed by atoms with van der Waals surface area (Å²) in [5.74, 6) is -0.907. The summed E-state index contributed by atoms with van der Waals surface area (Å²) in [4.78, 5) is 18.3. The van der Waals surface area contributed by atoms with Crippen LogP contribution in [0.15, 0.2) is 48.8 Å². The molecular formula is C14H10AsN2O2. The van der Waals surface area contributed by atoms with Crippen molar-refractivity contribution in [3.05, 3.63) is 54.5 Å². The van der Waals surface area contributed by atoms with Crippen molar-refractivity contribution >= 4 is 41.3 Å². The number of fused-ring (bicyclic) bond motifs is 1. The zero-order valence-corrected chi connectivity index (χ0v) is 11.7. The molecule has 3 aromatic rings. The summed E-state index contributed by atoms with van der Waals surface area (Å²) in [5, 5.41) is 10.3. The van der Waals surface area contributed by atoms with Crippen LogP contribution in [-0.4, -0.2) is 36.8 Å². The van der Waals surface area contributed by atoms with Crippen molar-refractivity contribution in [2.24, 2.45) is 0 Å². The fraction of sp³-hybridized carbons (Fsp3) is 0. The van der Waals surface area contributed by atoms with Gasteiger partial charge in [0, 0.05) is 0 Å². The number of hydrogen-bond acceptors (Lipinski definition) is 2. The van der Waals surface area contributed by atoms with Crippen molar-refractivity contribution in [2.45, 2.75) is 0 Å². The van der Waals surface area contributed by atoms with E-state index in [-0.39, 0.29) is 15.8 Å². The Morgan fingerprint density at radius 3 is 2.63 bits per heavy atom. The third-order valence-corrected chi connectivity index (χ3v) is 5.41. The summed E-state index contributed by atoms with van der Waals surface area (Å²) in [6.07, 6.45) is 3.47. The molecule has 5 heteroatoms. The molecule has 0 unspecified atom stereocenters. The monoisotopic (exact) mass is 313 g/mol. The molecular weight excluding hydrogens is 303 g/mol. The first-order valence-electron chi connectivity index (χ1n) is 5.71. The van der Waals surface area contributed by atoms with Crippen LogP contribution in [0.4, 0.5) is 0 Å². The van der Waals surface area contributed by atoms with Gasteiger partial charge in [0.2, 0.25) is 0 Å². The fourth-order valence-electron chi connectivity index (χ4n) is 1.95. The van der Waals surface area contributed by atoms with Gasteiger partial charge in [-0.2, -0.15) is 0 Å². The number of aromatic nitrogens is 2. The summed E-state index contributed by atoms with van der Waals surface area (Å²) in [6, 6.07) is 11.6. The van der Waals surface area contributed by atoms with Crippen LogP contribution in [0.5, 0.6) is 0 Å². The Balaban J connectivity index is 2.15. The van der Waals surface area contributed by atoms with Crippen LogP contribution in [0, 0.1) is 0 Å². The van der Waals surface area contributed by atoms with Gasteiger partial charge in [0.25, 0.3) is 0 Å². The van der Waals surface area contributed by atoms with Crippen molar-refractivity contribution in [3.63, 3.8) is 0 Å². The molecule has 2 aromatic heterocycles. The van der Waals surface area contributed by atoms with Crippen LogP contribution in [-0.2, 0) is 0 Å². The number of carboxylic acids is 1. The maximum absolute atomic E-state index is 11.4. The Hall–Kier alpha value is -2.06. The molecule has 4 nitrogen and oxygen atoms in total. The van der Waals surface area contributed by atoms with E-state index in [4.69, 9.17) is 0 Å². The minimum absolute atomic E-state index is 0.304. The van der Waals surface area contributed by atoms with Crippen LogP contribution in [0.1, 0.15) is 10.5 Å². The van der Waals surface area contributed by atoms with Gasteiger partial charge in [0.15, 0.2) is 0 Å². The molecule has 0 aliphatic rings. The van der Waals surface area contributed by atoms with E-state index in [1.165, 1.54) is 0 Å². The third kappa shape index (κ3) is 2.27. The summed E-state index contributed by atoms with van der Waals surface area (Å²) in [7, 11) is 0. The molecule has 0 bridgehead atoms. The quantitative estimate of drug-likeness (QED) is 0.707. The molecule has 0 saturated heterocycles. The number of nitrogens with one attached hydrogen (secondary N) is 1. The number of rotatable bonds is 3. The van der Waals surface area contributed by atoms with Crippen LogP contribution in [0.25, 0.3) is 10.9 Å². The second-order valence-corrected chi connectivity index (χ2v) is 6.51. The van der Waals surface area contributed by atoms with Crippen LogP contribution < -0.4 is 8.70 Å². The Morgan fingerprint density at radius 1 is 1.16 bits per heavy atom. The van der Waals surface area contributed by atoms with Crippen molar-refractivity contribution in [2.75, 3.05) is 0 Å². The summed E-state index contributed by atoms with van der Waals surface area (Å²) >= 11 is -0.378. The van der Waals surface area contributed by atoms with Crippen LogP contribution >= 0.6 is 0 Å². The average molecular weight is 313 g/mol. The van der Waals surface area contributed by atoms with Gasteiger partial charge in [0.1, 0.15) is 0 Å². The number of para-hydroxylation sites is 1. The number of carbonyl (C=O) groups is 1. The van der Waals surface area contributed by atoms with Gasteiger partial charge < -0.3 is 0 Å². The van der Waals surface area contributed by atoms with Crippen LogP contribution in [0.3, 0.4) is 0 Å². The number of aromatic amines is 1. The predicted molar refractivity (Wildman–Crippen MR) is 74.5 cm³/mol. The average Bonchev–Trinajstić information content (AvgIpc) is 2.79. The number of carboxylic acid groups (broad SMARTS) is 1. The molecule has 19 heavy (non-hydrogen) atoms. The van der Waals surface area contributed by atoms with Gasteiger partial charge in [-0.3, -0.25) is 0 Å². The molecule has 93 valence electrons. The topological polar surface area (TPSA) is 66.0 Å². The van der Waals surface area contributed by atoms with Gasteiger partial charge in [-0.05, 0) is 0 Å². The second kappa shape index (κ2) is 4.90. The van der Waals surface area contributed by atoms with Crippen molar-refractivity contribution in [3.8, 4) is 0 Å². The molecule has 1 radical (unpaired) electrons. The minimum atomic E-state index is -0.907. The van der Waals surface area contributed by atoms with Gasteiger partial charge in [0.05, 0.1) is 0 Å². The molecule has 0 atom stereocenters. The molecule has 0 aliphatic carbocycles. The first-order chi connectivity index (χ1) is 9.25. The van der Waals surface area contributed by atoms with E-state index in [0.29, 0.717) is 5.69 Å². The van der Waals surface area contributed by atoms with Crippen molar-refractivity contribution in [1.29, 1.82) is 0 Å². The van der Waals surface area contributed by atoms with Crippen molar-refractivity contribution in [1.82, 2.24) is 9.97 Å². The predicted octanol–water partition coefficient (Wildman–Crippen LogP) is 0.916. The molecule has 3 rings (SSSR count). The molecule has 0 aliphatic heterocycles. The second-order valence-electron chi connectivity index (χ2n) is 4.02. The van der Waals surface area contributed by atoms with Gasteiger partial charge in [-0.15, -0.1) is 0 Å². The SMILES string of the molecule is O=C(O)c1[nH]c2ccccc2c1[As]c1ccncc1. The molecule has 0 spiro atoms. The maximum atomic E-state index is 11.4. The number of aromatic carboxylic acids is 1. The van der Waals surface area contributed by atoms with Gasteiger partial charge in [-0.25, -0.2) is 0 Å². The summed E-state index contributed by atoms with van der Waals surface area (Å²) in [5.41, 5.74) is 1.18. The number of pyridine rings is 1. The van der Waals surface area contributed by atoms with Gasteiger partial charge >= 0.3 is 116 Å². The number of benzene rings is 1. The first-order valence-corrected chi connectivity index (χ1v) is 7.59. The van der Waals surface area contributed by atoms with E-state index >= 15 is 0 Å². The fourth-order valence-corrected chi connectivity index (χ4v) is 4.29. The summed E-state index contributed by atoms with van der Waals surface area (Å²) in [6.45, 7) is 0. The Bertz CT molecular complexity index is 738. The first kappa shape index (κ1) is 12.0. The van der Waals surface area contributed by atoms with E-state index in [9.17, 15) is 9.90 Å². The van der Waals surface area contributed by atoms with E-state index in [2.05, 4.69) is 9.97 Å². The van der Waals surface area contributed by atoms with Crippen molar-refractivity contribution < 1.29 is 9.90 Å². The van der Waals surface area contributed by atoms with E-state index < -0.39 is 5.97 Å². The molecule has 0 amide bonds. The Kier molecular flexibility index (Phi) is 3.09. The number of H-pyrrole nitrogens is 1. The summed E-state index contributed by atoms with van der Waals surface area (Å²) < 4.78 is 2.05. The normalized spacial score (nSPS) is 11.4. The van der Waals surface area contributed by atoms with E-state index in [0.717, 1.165) is 19.6 Å². The van der Waals surface area contributed by atoms with Gasteiger partial charge in [-0.1, -0.05) is 0 Å². The zero-order valence-electron chi connectivity index (χ0n) is 9.87. The number of hydrogen-bond donors (Lipinski definition) is 2. The molecule has 0 fully saturated rings. The van der Waals surface area contributed by atoms with E-state index in [1.54, 1.807) is 12.4 Å². The molecule has 2 heterocycles. The van der Waals surface area contributed by atoms with E-state index in [1.807, 2.05) is 36.4 Å². The third-order valence-electron chi connectivity index (χ3n) is 2.80. The number of nitrogens with zero attached hydrogens (tertiary/aromatic N) is 1. The molecule has 2 N–H and O–H groups in total. The standard InChI is InChI=1S/C14H10AsN2O2/c18-14(19)13-12(15-9-5-7-16-8-6-9)10-3-1-2-4-11(10)17-13/h1-8,17H,(H,18,19). The Morgan fingerprint density at radius 2 is 1.89 bits per heavy atom. The molecule has 0 saturated carbocycles. The van der Waals surface area contributed by atoms with Crippen LogP contribution in [0.2, 0.25) is 0 Å². The molecule has 1 aromatic carbocycles. The Labute approximate surface area is 116 Å². The zero-order chi connectivity index (χ0) is 13.2.